The predicted octanol–water partition coefficient (Wildman–Crippen LogP) is 3.30. The van der Waals surface area contributed by atoms with Gasteiger partial charge in [-0.15, -0.1) is 24.0 Å². The van der Waals surface area contributed by atoms with E-state index in [9.17, 15) is 0 Å². The number of hydrogen-bond donors (Lipinski definition) is 1. The molecule has 1 aromatic carbocycles. The zero-order valence-electron chi connectivity index (χ0n) is 14.2. The van der Waals surface area contributed by atoms with Crippen molar-refractivity contribution in [3.8, 4) is 0 Å². The first-order valence-corrected chi connectivity index (χ1v) is 8.46. The van der Waals surface area contributed by atoms with Crippen LogP contribution >= 0.6 is 35.6 Å². The monoisotopic (exact) mass is 471 g/mol. The van der Waals surface area contributed by atoms with Crippen LogP contribution in [0.2, 0.25) is 5.02 Å². The van der Waals surface area contributed by atoms with Gasteiger partial charge < -0.3 is 15.5 Å². The first kappa shape index (κ1) is 19.8. The maximum absolute atomic E-state index is 6.15. The molecule has 25 heavy (non-hydrogen) atoms. The van der Waals surface area contributed by atoms with Crippen LogP contribution in [0.3, 0.4) is 0 Å². The Kier molecular flexibility index (Phi) is 7.31. The van der Waals surface area contributed by atoms with Gasteiger partial charge in [-0.3, -0.25) is 4.98 Å². The Balaban J connectivity index is 0.00000225. The van der Waals surface area contributed by atoms with Crippen LogP contribution in [0.25, 0.3) is 0 Å². The number of aliphatic imine (C=N–C) groups is 1. The highest BCUT2D eigenvalue weighted by Gasteiger charge is 2.18. The molecule has 0 radical (unpaired) electrons. The maximum Gasteiger partial charge on any atom is 0.191 e. The summed E-state index contributed by atoms with van der Waals surface area (Å²) in [5.41, 5.74) is 9.43. The van der Waals surface area contributed by atoms with E-state index in [1.807, 2.05) is 37.4 Å². The van der Waals surface area contributed by atoms with Crippen LogP contribution in [-0.4, -0.2) is 42.0 Å². The van der Waals surface area contributed by atoms with Gasteiger partial charge in [0.1, 0.15) is 0 Å². The van der Waals surface area contributed by atoms with Crippen molar-refractivity contribution >= 4 is 47.2 Å². The van der Waals surface area contributed by atoms with Crippen LogP contribution in [0.5, 0.6) is 0 Å². The third kappa shape index (κ3) is 5.47. The number of aromatic nitrogens is 1. The topological polar surface area (TPSA) is 57.8 Å². The van der Waals surface area contributed by atoms with Crippen molar-refractivity contribution in [2.75, 3.05) is 31.1 Å². The summed E-state index contributed by atoms with van der Waals surface area (Å²) in [6.07, 6.45) is 1.85. The Morgan fingerprint density at radius 3 is 2.40 bits per heavy atom. The van der Waals surface area contributed by atoms with E-state index in [2.05, 4.69) is 31.9 Å². The number of halogens is 2. The largest absolute Gasteiger partial charge is 0.370 e. The van der Waals surface area contributed by atoms with Gasteiger partial charge in [-0.25, -0.2) is 4.99 Å². The van der Waals surface area contributed by atoms with Gasteiger partial charge in [0, 0.05) is 48.8 Å². The minimum absolute atomic E-state index is 0. The quantitative estimate of drug-likeness (QED) is 0.424. The fraction of sp³-hybridized carbons (Fsp3) is 0.333. The number of nitrogens with two attached hydrogens (primary N) is 1. The summed E-state index contributed by atoms with van der Waals surface area (Å²) in [6.45, 7) is 6.11. The molecule has 0 spiro atoms. The average Bonchev–Trinajstić information content (AvgIpc) is 2.62. The number of benzene rings is 1. The number of pyridine rings is 1. The van der Waals surface area contributed by atoms with Gasteiger partial charge in [0.2, 0.25) is 0 Å². The van der Waals surface area contributed by atoms with Crippen LogP contribution in [0.4, 0.5) is 5.69 Å². The van der Waals surface area contributed by atoms with Gasteiger partial charge in [-0.2, -0.15) is 0 Å². The van der Waals surface area contributed by atoms with Crippen LogP contribution < -0.4 is 10.6 Å². The van der Waals surface area contributed by atoms with Gasteiger partial charge in [0.25, 0.3) is 0 Å². The highest BCUT2D eigenvalue weighted by Crippen LogP contribution is 2.19. The van der Waals surface area contributed by atoms with E-state index >= 15 is 0 Å². The number of rotatable bonds is 3. The number of hydrogen-bond acceptors (Lipinski definition) is 3. The minimum atomic E-state index is 0. The summed E-state index contributed by atoms with van der Waals surface area (Å²) in [4.78, 5) is 13.3. The van der Waals surface area contributed by atoms with Crippen molar-refractivity contribution < 1.29 is 0 Å². The zero-order chi connectivity index (χ0) is 16.9. The predicted molar refractivity (Wildman–Crippen MR) is 115 cm³/mol. The Morgan fingerprint density at radius 2 is 1.80 bits per heavy atom. The Labute approximate surface area is 170 Å². The Bertz CT molecular complexity index is 694. The lowest BCUT2D eigenvalue weighted by Crippen LogP contribution is -2.51. The molecule has 7 heteroatoms. The summed E-state index contributed by atoms with van der Waals surface area (Å²) in [7, 11) is 0. The second-order valence-corrected chi connectivity index (χ2v) is 6.37. The van der Waals surface area contributed by atoms with Gasteiger partial charge in [0.15, 0.2) is 5.96 Å². The molecule has 3 rings (SSSR count). The number of aryl methyl sites for hydroxylation is 1. The molecule has 2 heterocycles. The van der Waals surface area contributed by atoms with Gasteiger partial charge in [-0.1, -0.05) is 17.7 Å². The highest BCUT2D eigenvalue weighted by atomic mass is 127. The number of piperazine rings is 1. The van der Waals surface area contributed by atoms with Crippen molar-refractivity contribution in [1.29, 1.82) is 0 Å². The second kappa shape index (κ2) is 9.24. The lowest BCUT2D eigenvalue weighted by molar-refractivity contribution is 0.380. The SMILES string of the molecule is Cc1ccc(CN=C(N)N2CCN(c3ccc(Cl)cc3)CC2)cn1.I. The lowest BCUT2D eigenvalue weighted by atomic mass is 10.2. The third-order valence-corrected chi connectivity index (χ3v) is 4.44. The molecule has 1 aromatic heterocycles. The van der Waals surface area contributed by atoms with Crippen molar-refractivity contribution in [3.05, 3.63) is 58.9 Å². The molecule has 0 aliphatic carbocycles. The van der Waals surface area contributed by atoms with Gasteiger partial charge in [-0.05, 0) is 42.8 Å². The molecule has 1 aliphatic heterocycles. The summed E-state index contributed by atoms with van der Waals surface area (Å²) in [6, 6.07) is 12.0. The molecular formula is C18H23ClIN5. The summed E-state index contributed by atoms with van der Waals surface area (Å²) < 4.78 is 0. The highest BCUT2D eigenvalue weighted by molar-refractivity contribution is 14.0. The average molecular weight is 472 g/mol. The summed E-state index contributed by atoms with van der Waals surface area (Å²) >= 11 is 5.95. The van der Waals surface area contributed by atoms with E-state index in [1.165, 1.54) is 5.69 Å². The van der Waals surface area contributed by atoms with E-state index in [0.29, 0.717) is 12.5 Å². The Hall–Kier alpha value is -1.54. The molecule has 1 saturated heterocycles. The van der Waals surface area contributed by atoms with E-state index in [4.69, 9.17) is 17.3 Å². The molecule has 134 valence electrons. The van der Waals surface area contributed by atoms with Crippen molar-refractivity contribution in [2.45, 2.75) is 13.5 Å². The first-order chi connectivity index (χ1) is 11.6. The third-order valence-electron chi connectivity index (χ3n) is 4.19. The van der Waals surface area contributed by atoms with Crippen LogP contribution in [0, 0.1) is 6.92 Å². The summed E-state index contributed by atoms with van der Waals surface area (Å²) in [5.74, 6) is 0.603. The van der Waals surface area contributed by atoms with Crippen molar-refractivity contribution in [1.82, 2.24) is 9.88 Å². The first-order valence-electron chi connectivity index (χ1n) is 8.09. The normalized spacial score (nSPS) is 15.0. The van der Waals surface area contributed by atoms with E-state index in [-0.39, 0.29) is 24.0 Å². The molecule has 2 aromatic rings. The van der Waals surface area contributed by atoms with Crippen molar-refractivity contribution in [2.24, 2.45) is 10.7 Å². The molecule has 1 fully saturated rings. The van der Waals surface area contributed by atoms with Crippen LogP contribution in [0.1, 0.15) is 11.3 Å². The van der Waals surface area contributed by atoms with Crippen molar-refractivity contribution in [3.63, 3.8) is 0 Å². The fourth-order valence-electron chi connectivity index (χ4n) is 2.71. The molecule has 0 unspecified atom stereocenters. The smallest absolute Gasteiger partial charge is 0.191 e. The van der Waals surface area contributed by atoms with Crippen LogP contribution in [0.15, 0.2) is 47.6 Å². The minimum Gasteiger partial charge on any atom is -0.370 e. The number of guanidine groups is 1. The Morgan fingerprint density at radius 1 is 1.12 bits per heavy atom. The zero-order valence-corrected chi connectivity index (χ0v) is 17.3. The molecule has 1 aliphatic rings. The standard InChI is InChI=1S/C18H22ClN5.HI/c1-14-2-3-15(12-21-14)13-22-18(20)24-10-8-23(9-11-24)17-6-4-16(19)5-7-17;/h2-7,12H,8-11,13H2,1H3,(H2,20,22);1H. The molecule has 0 amide bonds. The maximum atomic E-state index is 6.15. The molecule has 0 saturated carbocycles. The summed E-state index contributed by atoms with van der Waals surface area (Å²) in [5, 5.41) is 0.763. The molecule has 5 nitrogen and oxygen atoms in total. The molecule has 0 bridgehead atoms. The van der Waals surface area contributed by atoms with Gasteiger partial charge in [0.05, 0.1) is 6.54 Å². The van der Waals surface area contributed by atoms with E-state index in [1.54, 1.807) is 0 Å². The molecule has 2 N–H and O–H groups in total. The van der Waals surface area contributed by atoms with Gasteiger partial charge >= 0.3 is 0 Å². The van der Waals surface area contributed by atoms with Crippen LogP contribution in [-0.2, 0) is 6.54 Å². The molecular weight excluding hydrogens is 449 g/mol. The second-order valence-electron chi connectivity index (χ2n) is 5.93. The molecule has 0 atom stereocenters. The lowest BCUT2D eigenvalue weighted by Gasteiger charge is -2.36. The van der Waals surface area contributed by atoms with E-state index < -0.39 is 0 Å². The fourth-order valence-corrected chi connectivity index (χ4v) is 2.84. The number of nitrogens with zero attached hydrogens (tertiary/aromatic N) is 4. The van der Waals surface area contributed by atoms with E-state index in [0.717, 1.165) is 42.5 Å². The number of anilines is 1.